The Balaban J connectivity index is 0.910. The van der Waals surface area contributed by atoms with Crippen molar-refractivity contribution in [3.05, 3.63) is 101 Å². The zero-order valence-corrected chi connectivity index (χ0v) is 25.9. The summed E-state index contributed by atoms with van der Waals surface area (Å²) in [7, 11) is 0. The number of aliphatic hydroxyl groups excluding tert-OH is 1. The average Bonchev–Trinajstić information content (AvgIpc) is 3.73. The number of pyridine rings is 1. The number of hydrogen-bond donors (Lipinski definition) is 2. The van der Waals surface area contributed by atoms with Gasteiger partial charge in [0.1, 0.15) is 12.0 Å². The van der Waals surface area contributed by atoms with Gasteiger partial charge in [0.15, 0.2) is 11.5 Å². The largest absolute Gasteiger partial charge is 0.454 e. The number of carbonyl (C=O) groups is 1. The van der Waals surface area contributed by atoms with E-state index < -0.39 is 23.9 Å². The van der Waals surface area contributed by atoms with Gasteiger partial charge in [-0.05, 0) is 66.6 Å². The average molecular weight is 662 g/mol. The summed E-state index contributed by atoms with van der Waals surface area (Å²) < 4.78 is 55.5. The summed E-state index contributed by atoms with van der Waals surface area (Å²) in [5, 5.41) is 13.8. The van der Waals surface area contributed by atoms with Crippen LogP contribution < -0.4 is 24.4 Å². The number of nitrogens with zero attached hydrogens (tertiary/aromatic N) is 4. The van der Waals surface area contributed by atoms with Crippen LogP contribution in [-0.4, -0.2) is 78.1 Å². The summed E-state index contributed by atoms with van der Waals surface area (Å²) >= 11 is 0. The highest BCUT2D eigenvalue weighted by atomic mass is 19.4. The van der Waals surface area contributed by atoms with E-state index in [2.05, 4.69) is 31.1 Å². The number of alkyl halides is 3. The lowest BCUT2D eigenvalue weighted by Gasteiger charge is -2.38. The summed E-state index contributed by atoms with van der Waals surface area (Å²) in [6.07, 6.45) is -2.90. The second kappa shape index (κ2) is 13.3. The summed E-state index contributed by atoms with van der Waals surface area (Å²) in [5.41, 5.74) is 2.86. The normalized spacial score (nSPS) is 16.9. The second-order valence-corrected chi connectivity index (χ2v) is 11.9. The highest BCUT2D eigenvalue weighted by molar-refractivity contribution is 6.04. The van der Waals surface area contributed by atoms with Crippen molar-refractivity contribution in [2.24, 2.45) is 0 Å². The van der Waals surface area contributed by atoms with E-state index in [1.165, 1.54) is 11.8 Å². The summed E-state index contributed by atoms with van der Waals surface area (Å²) in [6.45, 7) is 5.54. The van der Waals surface area contributed by atoms with Gasteiger partial charge >= 0.3 is 6.18 Å². The number of benzene rings is 3. The third-order valence-corrected chi connectivity index (χ3v) is 8.82. The summed E-state index contributed by atoms with van der Waals surface area (Å²) in [6, 6.07) is 19.1. The molecular weight excluding hydrogens is 627 g/mol. The molecule has 250 valence electrons. The van der Waals surface area contributed by atoms with Crippen LogP contribution in [0.25, 0.3) is 0 Å². The van der Waals surface area contributed by atoms with Gasteiger partial charge in [0, 0.05) is 62.1 Å². The zero-order chi connectivity index (χ0) is 33.3. The van der Waals surface area contributed by atoms with Crippen molar-refractivity contribution in [1.82, 2.24) is 14.8 Å². The smallest absolute Gasteiger partial charge is 0.416 e. The maximum absolute atomic E-state index is 12.8. The first-order valence-electron chi connectivity index (χ1n) is 15.7. The van der Waals surface area contributed by atoms with E-state index in [1.54, 1.807) is 12.1 Å². The molecule has 4 heterocycles. The van der Waals surface area contributed by atoms with Crippen LogP contribution in [0.5, 0.6) is 23.1 Å². The molecule has 1 unspecified atom stereocenters. The van der Waals surface area contributed by atoms with Gasteiger partial charge in [0.2, 0.25) is 12.7 Å². The lowest BCUT2D eigenvalue weighted by molar-refractivity contribution is -0.137. The number of nitrogens with one attached hydrogen (secondary N) is 1. The third kappa shape index (κ3) is 7.03. The Hall–Kier alpha value is -4.85. The molecule has 1 atom stereocenters. The molecular formula is C35H34F3N5O5. The highest BCUT2D eigenvalue weighted by Crippen LogP contribution is 2.37. The number of carbonyl (C=O) groups excluding carboxylic acids is 1. The van der Waals surface area contributed by atoms with E-state index >= 15 is 0 Å². The monoisotopic (exact) mass is 661 g/mol. The lowest BCUT2D eigenvalue weighted by atomic mass is 10.1. The van der Waals surface area contributed by atoms with Crippen LogP contribution in [0.4, 0.5) is 24.5 Å². The Morgan fingerprint density at radius 2 is 1.75 bits per heavy atom. The Bertz CT molecular complexity index is 1760. The fourth-order valence-corrected chi connectivity index (χ4v) is 6.22. The van der Waals surface area contributed by atoms with Gasteiger partial charge in [-0.1, -0.05) is 12.1 Å². The first-order chi connectivity index (χ1) is 23.2. The van der Waals surface area contributed by atoms with Crippen molar-refractivity contribution >= 4 is 17.3 Å². The summed E-state index contributed by atoms with van der Waals surface area (Å²) in [4.78, 5) is 23.5. The number of hydrogen-bond acceptors (Lipinski definition) is 9. The van der Waals surface area contributed by atoms with Crippen LogP contribution in [0.2, 0.25) is 0 Å². The fraction of sp³-hybridized carbons (Fsp3) is 0.314. The van der Waals surface area contributed by atoms with Crippen molar-refractivity contribution in [1.29, 1.82) is 0 Å². The predicted octanol–water partition coefficient (Wildman–Crippen LogP) is 5.37. The summed E-state index contributed by atoms with van der Waals surface area (Å²) in [5.74, 6) is 2.01. The number of ether oxygens (including phenoxy) is 3. The number of aromatic nitrogens is 1. The molecule has 13 heteroatoms. The molecule has 0 radical (unpaired) electrons. The number of fused-ring (bicyclic) bond motifs is 2. The van der Waals surface area contributed by atoms with Gasteiger partial charge in [-0.3, -0.25) is 14.6 Å². The van der Waals surface area contributed by atoms with Gasteiger partial charge in [0.05, 0.1) is 24.0 Å². The van der Waals surface area contributed by atoms with E-state index in [-0.39, 0.29) is 12.4 Å². The van der Waals surface area contributed by atoms with Crippen LogP contribution in [-0.2, 0) is 19.1 Å². The third-order valence-electron chi connectivity index (χ3n) is 8.82. The quantitative estimate of drug-likeness (QED) is 0.245. The number of β-amino-alcohol motifs (C(OH)–C–C–N with tert-alkyl or cyclic N) is 1. The predicted molar refractivity (Wildman–Crippen MR) is 171 cm³/mol. The van der Waals surface area contributed by atoms with Crippen LogP contribution >= 0.6 is 0 Å². The van der Waals surface area contributed by atoms with Crippen molar-refractivity contribution < 1.29 is 37.3 Å². The second-order valence-electron chi connectivity index (χ2n) is 11.9. The van der Waals surface area contributed by atoms with E-state index in [0.717, 1.165) is 92.7 Å². The number of amides is 1. The molecule has 1 fully saturated rings. The molecule has 0 spiro atoms. The molecule has 0 aliphatic carbocycles. The lowest BCUT2D eigenvalue weighted by Crippen LogP contribution is -2.53. The van der Waals surface area contributed by atoms with Crippen molar-refractivity contribution in [2.45, 2.75) is 25.4 Å². The molecule has 2 N–H and O–H groups in total. The van der Waals surface area contributed by atoms with Gasteiger partial charge in [-0.25, -0.2) is 4.98 Å². The minimum atomic E-state index is -4.47. The number of rotatable bonds is 9. The Morgan fingerprint density at radius 1 is 0.958 bits per heavy atom. The van der Waals surface area contributed by atoms with Crippen molar-refractivity contribution in [3.63, 3.8) is 0 Å². The number of anilines is 2. The van der Waals surface area contributed by atoms with Crippen molar-refractivity contribution in [3.8, 4) is 23.1 Å². The molecule has 0 saturated carbocycles. The van der Waals surface area contributed by atoms with Crippen LogP contribution in [0, 0.1) is 0 Å². The van der Waals surface area contributed by atoms with Crippen LogP contribution in [0.1, 0.15) is 27.0 Å². The number of piperazine rings is 1. The van der Waals surface area contributed by atoms with E-state index in [1.807, 2.05) is 30.3 Å². The molecule has 10 nitrogen and oxygen atoms in total. The van der Waals surface area contributed by atoms with Gasteiger partial charge in [-0.15, -0.1) is 0 Å². The first-order valence-corrected chi connectivity index (χ1v) is 15.7. The fourth-order valence-electron chi connectivity index (χ4n) is 6.22. The Kier molecular flexibility index (Phi) is 8.82. The maximum atomic E-state index is 12.8. The zero-order valence-electron chi connectivity index (χ0n) is 25.9. The molecule has 4 aromatic rings. The van der Waals surface area contributed by atoms with E-state index in [4.69, 9.17) is 14.2 Å². The molecule has 1 aromatic heterocycles. The van der Waals surface area contributed by atoms with Crippen LogP contribution in [0.15, 0.2) is 79.0 Å². The SMILES string of the molecule is O=C(Nc1ccc(Oc2cccc3c2CCN3CC(O)N2CCN(Cc3ccc4c(c3)OCO4)CC2)nc1)c1ccc(C(F)(F)F)cc1. The topological polar surface area (TPSA) is 99.6 Å². The van der Waals surface area contributed by atoms with E-state index in [9.17, 15) is 23.1 Å². The molecule has 1 amide bonds. The minimum absolute atomic E-state index is 0.0951. The minimum Gasteiger partial charge on any atom is -0.454 e. The molecule has 48 heavy (non-hydrogen) atoms. The van der Waals surface area contributed by atoms with Crippen LogP contribution in [0.3, 0.4) is 0 Å². The van der Waals surface area contributed by atoms with E-state index in [0.29, 0.717) is 23.9 Å². The molecule has 3 aromatic carbocycles. The Morgan fingerprint density at radius 3 is 2.50 bits per heavy atom. The van der Waals surface area contributed by atoms with Crippen molar-refractivity contribution in [2.75, 3.05) is 56.3 Å². The van der Waals surface area contributed by atoms with Gasteiger partial charge in [-0.2, -0.15) is 13.2 Å². The maximum Gasteiger partial charge on any atom is 0.416 e. The standard InChI is InChI=1S/C35H34F3N5O5/c36-35(37,38)25-7-5-24(6-8-25)34(45)40-26-9-11-32(39-19-26)48-29-3-1-2-28-27(29)12-13-43(28)21-33(44)42-16-14-41(15-17-42)20-23-4-10-30-31(18-23)47-22-46-30/h1-11,18-19,33,44H,12-17,20-22H2,(H,40,45). The highest BCUT2D eigenvalue weighted by Gasteiger charge is 2.31. The molecule has 1 saturated heterocycles. The first kappa shape index (κ1) is 31.7. The Labute approximate surface area is 275 Å². The molecule has 0 bridgehead atoms. The van der Waals surface area contributed by atoms with Gasteiger partial charge < -0.3 is 29.5 Å². The molecule has 3 aliphatic rings. The number of halogens is 3. The molecule has 7 rings (SSSR count). The number of aliphatic hydroxyl groups is 1. The molecule has 3 aliphatic heterocycles. The van der Waals surface area contributed by atoms with Gasteiger partial charge in [0.25, 0.3) is 5.91 Å².